The van der Waals surface area contributed by atoms with Crippen LogP contribution in [0.1, 0.15) is 40.0 Å². The van der Waals surface area contributed by atoms with Crippen LogP contribution in [0.25, 0.3) is 0 Å². The van der Waals surface area contributed by atoms with Crippen LogP contribution >= 0.6 is 0 Å². The van der Waals surface area contributed by atoms with Crippen molar-refractivity contribution in [3.63, 3.8) is 0 Å². The first-order valence-electron chi connectivity index (χ1n) is 6.65. The van der Waals surface area contributed by atoms with Crippen molar-refractivity contribution in [1.82, 2.24) is 0 Å². The fraction of sp³-hybridized carbons (Fsp3) is 0.692. The average molecular weight is 320 g/mol. The standard InChI is InChI=1S/C13H20O9/c1-4-13(8(3)20-5-2,21-11(18)6-9(14)15)22-12(19)7-10(16)17/h8H,4-7H2,1-3H3,(H,14,15)(H,16,17). The number of rotatable bonds is 10. The summed E-state index contributed by atoms with van der Waals surface area (Å²) in [6, 6.07) is 0. The average Bonchev–Trinajstić information content (AvgIpc) is 2.35. The molecule has 9 heteroatoms. The van der Waals surface area contributed by atoms with E-state index in [1.54, 1.807) is 6.92 Å². The van der Waals surface area contributed by atoms with E-state index in [0.717, 1.165) is 0 Å². The second-order valence-electron chi connectivity index (χ2n) is 4.35. The molecule has 0 bridgehead atoms. The van der Waals surface area contributed by atoms with Crippen molar-refractivity contribution in [3.05, 3.63) is 0 Å². The maximum absolute atomic E-state index is 11.6. The molecule has 0 saturated carbocycles. The Morgan fingerprint density at radius 3 is 1.64 bits per heavy atom. The number of esters is 2. The molecule has 0 amide bonds. The van der Waals surface area contributed by atoms with Gasteiger partial charge >= 0.3 is 23.9 Å². The van der Waals surface area contributed by atoms with E-state index in [0.29, 0.717) is 0 Å². The van der Waals surface area contributed by atoms with Gasteiger partial charge < -0.3 is 24.4 Å². The van der Waals surface area contributed by atoms with Gasteiger partial charge in [0.25, 0.3) is 5.79 Å². The summed E-state index contributed by atoms with van der Waals surface area (Å²) in [6.45, 7) is 4.87. The Labute approximate surface area is 127 Å². The first-order chi connectivity index (χ1) is 10.2. The summed E-state index contributed by atoms with van der Waals surface area (Å²) in [7, 11) is 0. The normalized spacial score (nSPS) is 12.3. The van der Waals surface area contributed by atoms with E-state index in [1.807, 2.05) is 0 Å². The van der Waals surface area contributed by atoms with Crippen molar-refractivity contribution >= 4 is 23.9 Å². The molecule has 0 aromatic carbocycles. The summed E-state index contributed by atoms with van der Waals surface area (Å²) >= 11 is 0. The largest absolute Gasteiger partial charge is 0.481 e. The number of carbonyl (C=O) groups is 4. The second kappa shape index (κ2) is 8.98. The maximum atomic E-state index is 11.6. The SMILES string of the molecule is CCOC(C)C(CC)(OC(=O)CC(=O)O)OC(=O)CC(=O)O. The molecule has 22 heavy (non-hydrogen) atoms. The van der Waals surface area contributed by atoms with Gasteiger partial charge in [-0.25, -0.2) is 0 Å². The molecule has 1 atom stereocenters. The Kier molecular flexibility index (Phi) is 8.10. The van der Waals surface area contributed by atoms with Crippen molar-refractivity contribution in [2.24, 2.45) is 0 Å². The molecule has 126 valence electrons. The quantitative estimate of drug-likeness (QED) is 0.336. The second-order valence-corrected chi connectivity index (χ2v) is 4.35. The highest BCUT2D eigenvalue weighted by atomic mass is 16.7. The Morgan fingerprint density at radius 1 is 0.955 bits per heavy atom. The zero-order valence-corrected chi connectivity index (χ0v) is 12.7. The number of ether oxygens (including phenoxy) is 3. The summed E-state index contributed by atoms with van der Waals surface area (Å²) < 4.78 is 15.2. The molecule has 0 aromatic rings. The highest BCUT2D eigenvalue weighted by Gasteiger charge is 2.44. The zero-order valence-electron chi connectivity index (χ0n) is 12.7. The molecule has 0 fully saturated rings. The van der Waals surface area contributed by atoms with Crippen LogP contribution in [0.5, 0.6) is 0 Å². The first-order valence-corrected chi connectivity index (χ1v) is 6.65. The van der Waals surface area contributed by atoms with E-state index in [1.165, 1.54) is 13.8 Å². The minimum Gasteiger partial charge on any atom is -0.481 e. The van der Waals surface area contributed by atoms with Crippen LogP contribution < -0.4 is 0 Å². The molecule has 0 rings (SSSR count). The van der Waals surface area contributed by atoms with Gasteiger partial charge in [0.05, 0.1) is 0 Å². The molecule has 2 N–H and O–H groups in total. The molecule has 0 aliphatic rings. The predicted molar refractivity (Wildman–Crippen MR) is 70.8 cm³/mol. The minimum absolute atomic E-state index is 0.0368. The van der Waals surface area contributed by atoms with Crippen molar-refractivity contribution in [1.29, 1.82) is 0 Å². The van der Waals surface area contributed by atoms with Crippen LogP contribution in [0.4, 0.5) is 0 Å². The summed E-state index contributed by atoms with van der Waals surface area (Å²) in [5, 5.41) is 17.2. The van der Waals surface area contributed by atoms with Gasteiger partial charge in [0, 0.05) is 13.0 Å². The molecular weight excluding hydrogens is 300 g/mol. The molecular formula is C13H20O9. The third-order valence-electron chi connectivity index (χ3n) is 2.69. The number of carboxylic acid groups (broad SMARTS) is 2. The molecule has 0 saturated heterocycles. The van der Waals surface area contributed by atoms with Crippen LogP contribution in [0.2, 0.25) is 0 Å². The van der Waals surface area contributed by atoms with Crippen LogP contribution in [-0.2, 0) is 33.4 Å². The number of hydrogen-bond donors (Lipinski definition) is 2. The van der Waals surface area contributed by atoms with Crippen molar-refractivity contribution in [2.75, 3.05) is 6.61 Å². The topological polar surface area (TPSA) is 136 Å². The fourth-order valence-electron chi connectivity index (χ4n) is 1.70. The molecule has 0 spiro atoms. The minimum atomic E-state index is -1.88. The van der Waals surface area contributed by atoms with Gasteiger partial charge in [0.1, 0.15) is 18.9 Å². The summed E-state index contributed by atoms with van der Waals surface area (Å²) in [5.41, 5.74) is 0. The molecule has 0 aromatic heterocycles. The molecule has 1 unspecified atom stereocenters. The lowest BCUT2D eigenvalue weighted by molar-refractivity contribution is -0.266. The third kappa shape index (κ3) is 6.53. The van der Waals surface area contributed by atoms with Crippen LogP contribution in [-0.4, -0.2) is 52.6 Å². The summed E-state index contributed by atoms with van der Waals surface area (Å²) in [6.07, 6.45) is -2.78. The zero-order chi connectivity index (χ0) is 17.3. The van der Waals surface area contributed by atoms with Crippen LogP contribution in [0, 0.1) is 0 Å². The fourth-order valence-corrected chi connectivity index (χ4v) is 1.70. The van der Waals surface area contributed by atoms with Crippen LogP contribution in [0.15, 0.2) is 0 Å². The number of carboxylic acids is 2. The Balaban J connectivity index is 5.24. The van der Waals surface area contributed by atoms with Gasteiger partial charge in [0.2, 0.25) is 0 Å². The Bertz CT molecular complexity index is 399. The van der Waals surface area contributed by atoms with E-state index < -0.39 is 48.6 Å². The summed E-state index contributed by atoms with van der Waals surface area (Å²) in [4.78, 5) is 44.2. The predicted octanol–water partition coefficient (Wildman–Crippen LogP) is 0.554. The first kappa shape index (κ1) is 19.8. The number of hydrogen-bond acceptors (Lipinski definition) is 7. The van der Waals surface area contributed by atoms with E-state index in [2.05, 4.69) is 0 Å². The lowest BCUT2D eigenvalue weighted by Gasteiger charge is -2.36. The monoisotopic (exact) mass is 320 g/mol. The van der Waals surface area contributed by atoms with Crippen molar-refractivity contribution < 1.29 is 43.6 Å². The Hall–Kier alpha value is -2.16. The molecule has 0 aliphatic carbocycles. The molecule has 0 heterocycles. The number of aliphatic carboxylic acids is 2. The van der Waals surface area contributed by atoms with E-state index >= 15 is 0 Å². The van der Waals surface area contributed by atoms with Gasteiger partial charge in [-0.05, 0) is 13.8 Å². The highest BCUT2D eigenvalue weighted by Crippen LogP contribution is 2.26. The van der Waals surface area contributed by atoms with E-state index in [4.69, 9.17) is 24.4 Å². The van der Waals surface area contributed by atoms with E-state index in [-0.39, 0.29) is 13.0 Å². The molecule has 9 nitrogen and oxygen atoms in total. The van der Waals surface area contributed by atoms with Crippen molar-refractivity contribution in [3.8, 4) is 0 Å². The van der Waals surface area contributed by atoms with Gasteiger partial charge in [-0.3, -0.25) is 19.2 Å². The molecule has 0 radical (unpaired) electrons. The van der Waals surface area contributed by atoms with Gasteiger partial charge in [0.15, 0.2) is 0 Å². The third-order valence-corrected chi connectivity index (χ3v) is 2.69. The lowest BCUT2D eigenvalue weighted by atomic mass is 10.1. The Morgan fingerprint density at radius 2 is 1.36 bits per heavy atom. The lowest BCUT2D eigenvalue weighted by Crippen LogP contribution is -2.50. The smallest absolute Gasteiger partial charge is 0.320 e. The van der Waals surface area contributed by atoms with Gasteiger partial charge in [-0.15, -0.1) is 0 Å². The highest BCUT2D eigenvalue weighted by molar-refractivity contribution is 5.91. The number of carbonyl (C=O) groups excluding carboxylic acids is 2. The van der Waals surface area contributed by atoms with E-state index in [9.17, 15) is 19.2 Å². The summed E-state index contributed by atoms with van der Waals surface area (Å²) in [5.74, 6) is -6.94. The van der Waals surface area contributed by atoms with Crippen LogP contribution in [0.3, 0.4) is 0 Å². The van der Waals surface area contributed by atoms with Crippen molar-refractivity contribution in [2.45, 2.75) is 51.9 Å². The van der Waals surface area contributed by atoms with Gasteiger partial charge in [-0.2, -0.15) is 0 Å². The van der Waals surface area contributed by atoms with Gasteiger partial charge in [-0.1, -0.05) is 6.92 Å². The molecule has 0 aliphatic heterocycles. The maximum Gasteiger partial charge on any atom is 0.320 e.